The van der Waals surface area contributed by atoms with E-state index in [4.69, 9.17) is 16.3 Å². The minimum absolute atomic E-state index is 0.128. The van der Waals surface area contributed by atoms with Crippen molar-refractivity contribution in [1.82, 2.24) is 0 Å². The minimum Gasteiger partial charge on any atom is -0.393 e. The van der Waals surface area contributed by atoms with E-state index in [9.17, 15) is 5.11 Å². The van der Waals surface area contributed by atoms with Crippen LogP contribution in [0.2, 0.25) is 0 Å². The van der Waals surface area contributed by atoms with Crippen LogP contribution in [0.5, 0.6) is 0 Å². The molecule has 5 atom stereocenters. The summed E-state index contributed by atoms with van der Waals surface area (Å²) in [7, 11) is 0. The van der Waals surface area contributed by atoms with Crippen LogP contribution in [-0.2, 0) is 4.74 Å². The van der Waals surface area contributed by atoms with Crippen LogP contribution < -0.4 is 0 Å². The van der Waals surface area contributed by atoms with Gasteiger partial charge < -0.3 is 9.84 Å². The molecule has 0 aromatic carbocycles. The molecule has 1 saturated heterocycles. The first-order chi connectivity index (χ1) is 9.93. The number of aliphatic hydroxyl groups is 1. The third-order valence-corrected chi connectivity index (χ3v) is 5.13. The fourth-order valence-corrected chi connectivity index (χ4v) is 4.03. The van der Waals surface area contributed by atoms with Crippen molar-refractivity contribution in [2.75, 3.05) is 0 Å². The molecule has 1 aliphatic heterocycles. The van der Waals surface area contributed by atoms with E-state index in [2.05, 4.69) is 27.7 Å². The van der Waals surface area contributed by atoms with Gasteiger partial charge in [-0.25, -0.2) is 0 Å². The molecule has 1 fully saturated rings. The van der Waals surface area contributed by atoms with Crippen molar-refractivity contribution < 1.29 is 9.84 Å². The second-order valence-electron chi connectivity index (χ2n) is 7.25. The van der Waals surface area contributed by atoms with E-state index in [0.717, 1.165) is 19.3 Å². The van der Waals surface area contributed by atoms with Gasteiger partial charge in [-0.15, -0.1) is 11.6 Å². The summed E-state index contributed by atoms with van der Waals surface area (Å²) in [6.45, 7) is 8.68. The van der Waals surface area contributed by atoms with Gasteiger partial charge in [0.1, 0.15) is 0 Å². The first-order valence-corrected chi connectivity index (χ1v) is 9.35. The standard InChI is InChI=1S/C18H35ClO2/c1-5-6-7-8-9-17-14(4)21-16(12-18(17)19)11-15(20)10-13(2)3/h13-18,20H,5-12H2,1-4H3/t14-,15+,16+,17-,18-/m0/s1. The third-order valence-electron chi connectivity index (χ3n) is 4.63. The molecule has 0 amide bonds. The molecule has 1 rings (SSSR count). The zero-order valence-corrected chi connectivity index (χ0v) is 15.1. The van der Waals surface area contributed by atoms with Crippen LogP contribution in [0.4, 0.5) is 0 Å². The second-order valence-corrected chi connectivity index (χ2v) is 7.81. The third kappa shape index (κ3) is 7.34. The lowest BCUT2D eigenvalue weighted by molar-refractivity contribution is -0.0901. The number of aliphatic hydroxyl groups excluding tert-OH is 1. The largest absolute Gasteiger partial charge is 0.393 e. The van der Waals surface area contributed by atoms with Crippen molar-refractivity contribution in [1.29, 1.82) is 0 Å². The first-order valence-electron chi connectivity index (χ1n) is 8.91. The summed E-state index contributed by atoms with van der Waals surface area (Å²) in [5.41, 5.74) is 0. The molecule has 2 nitrogen and oxygen atoms in total. The van der Waals surface area contributed by atoms with Crippen molar-refractivity contribution >= 4 is 11.6 Å². The molecule has 1 heterocycles. The quantitative estimate of drug-likeness (QED) is 0.470. The average Bonchev–Trinajstić information content (AvgIpc) is 2.35. The molecule has 0 aromatic heterocycles. The lowest BCUT2D eigenvalue weighted by Crippen LogP contribution is -2.41. The highest BCUT2D eigenvalue weighted by Crippen LogP contribution is 2.35. The Bertz CT molecular complexity index is 258. The number of rotatable bonds is 9. The number of ether oxygens (including phenoxy) is 1. The van der Waals surface area contributed by atoms with Crippen molar-refractivity contribution in [3.05, 3.63) is 0 Å². The van der Waals surface area contributed by atoms with Gasteiger partial charge in [0.15, 0.2) is 0 Å². The maximum atomic E-state index is 10.1. The summed E-state index contributed by atoms with van der Waals surface area (Å²) in [6, 6.07) is 0. The molecule has 21 heavy (non-hydrogen) atoms. The van der Waals surface area contributed by atoms with Crippen molar-refractivity contribution in [2.24, 2.45) is 11.8 Å². The molecule has 0 spiro atoms. The molecule has 0 unspecified atom stereocenters. The zero-order chi connectivity index (χ0) is 15.8. The molecule has 3 heteroatoms. The van der Waals surface area contributed by atoms with Gasteiger partial charge in [0, 0.05) is 11.3 Å². The predicted molar refractivity (Wildman–Crippen MR) is 90.9 cm³/mol. The Morgan fingerprint density at radius 1 is 1.24 bits per heavy atom. The Morgan fingerprint density at radius 3 is 2.52 bits per heavy atom. The fraction of sp³-hybridized carbons (Fsp3) is 1.00. The molecular formula is C18H35ClO2. The fourth-order valence-electron chi connectivity index (χ4n) is 3.50. The molecule has 0 aliphatic carbocycles. The maximum Gasteiger partial charge on any atom is 0.0617 e. The van der Waals surface area contributed by atoms with Crippen LogP contribution >= 0.6 is 11.6 Å². The van der Waals surface area contributed by atoms with E-state index < -0.39 is 0 Å². The van der Waals surface area contributed by atoms with Gasteiger partial charge in [0.2, 0.25) is 0 Å². The highest BCUT2D eigenvalue weighted by atomic mass is 35.5. The second kappa shape index (κ2) is 10.1. The highest BCUT2D eigenvalue weighted by Gasteiger charge is 2.35. The van der Waals surface area contributed by atoms with Crippen LogP contribution in [0.1, 0.15) is 79.1 Å². The van der Waals surface area contributed by atoms with E-state index >= 15 is 0 Å². The molecule has 0 aromatic rings. The van der Waals surface area contributed by atoms with Crippen molar-refractivity contribution in [3.8, 4) is 0 Å². The molecule has 0 radical (unpaired) electrons. The van der Waals surface area contributed by atoms with Crippen molar-refractivity contribution in [2.45, 2.75) is 103 Å². The average molecular weight is 319 g/mol. The van der Waals surface area contributed by atoms with Gasteiger partial charge >= 0.3 is 0 Å². The lowest BCUT2D eigenvalue weighted by Gasteiger charge is -2.39. The number of halogens is 1. The Balaban J connectivity index is 2.35. The number of hydrogen-bond acceptors (Lipinski definition) is 2. The van der Waals surface area contributed by atoms with Crippen molar-refractivity contribution in [3.63, 3.8) is 0 Å². The monoisotopic (exact) mass is 318 g/mol. The van der Waals surface area contributed by atoms with Gasteiger partial charge in [-0.05, 0) is 38.5 Å². The van der Waals surface area contributed by atoms with Gasteiger partial charge in [-0.2, -0.15) is 0 Å². The van der Waals surface area contributed by atoms with Gasteiger partial charge in [0.05, 0.1) is 18.3 Å². The van der Waals surface area contributed by atoms with Gasteiger partial charge in [0.25, 0.3) is 0 Å². The molecule has 1 aliphatic rings. The Hall–Kier alpha value is 0.210. The molecule has 0 bridgehead atoms. The topological polar surface area (TPSA) is 29.5 Å². The summed E-state index contributed by atoms with van der Waals surface area (Å²) in [6.07, 6.45) is 8.90. The molecular weight excluding hydrogens is 284 g/mol. The van der Waals surface area contributed by atoms with E-state index in [0.29, 0.717) is 11.8 Å². The number of hydrogen-bond donors (Lipinski definition) is 1. The summed E-state index contributed by atoms with van der Waals surface area (Å²) in [5, 5.41) is 10.3. The Kier molecular flexibility index (Phi) is 9.24. The Labute approximate surface area is 136 Å². The van der Waals surface area contributed by atoms with E-state index in [1.807, 2.05) is 0 Å². The lowest BCUT2D eigenvalue weighted by atomic mass is 9.85. The predicted octanol–water partition coefficient (Wildman–Crippen LogP) is 5.15. The van der Waals surface area contributed by atoms with Crippen LogP contribution in [-0.4, -0.2) is 28.8 Å². The van der Waals surface area contributed by atoms with Crippen LogP contribution in [0.25, 0.3) is 0 Å². The molecule has 126 valence electrons. The minimum atomic E-state index is -0.257. The van der Waals surface area contributed by atoms with E-state index in [1.165, 1.54) is 32.1 Å². The number of alkyl halides is 1. The smallest absolute Gasteiger partial charge is 0.0617 e. The summed E-state index contributed by atoms with van der Waals surface area (Å²) in [5.74, 6) is 1.00. The SMILES string of the molecule is CCCCCC[C@H]1[C@H](C)O[C@H](C[C@H](O)CC(C)C)C[C@@H]1Cl. The number of unbranched alkanes of at least 4 members (excludes halogenated alkanes) is 3. The van der Waals surface area contributed by atoms with Gasteiger partial charge in [-0.1, -0.05) is 46.5 Å². The Morgan fingerprint density at radius 2 is 1.95 bits per heavy atom. The normalized spacial score (nSPS) is 31.6. The first kappa shape index (κ1) is 19.3. The maximum absolute atomic E-state index is 10.1. The van der Waals surface area contributed by atoms with E-state index in [-0.39, 0.29) is 23.7 Å². The molecule has 1 N–H and O–H groups in total. The zero-order valence-electron chi connectivity index (χ0n) is 14.4. The molecule has 0 saturated carbocycles. The highest BCUT2D eigenvalue weighted by molar-refractivity contribution is 6.20. The van der Waals surface area contributed by atoms with Crippen LogP contribution in [0.3, 0.4) is 0 Å². The van der Waals surface area contributed by atoms with E-state index in [1.54, 1.807) is 0 Å². The summed E-state index contributed by atoms with van der Waals surface area (Å²) < 4.78 is 6.13. The van der Waals surface area contributed by atoms with Crippen LogP contribution in [0.15, 0.2) is 0 Å². The van der Waals surface area contributed by atoms with Gasteiger partial charge in [-0.3, -0.25) is 0 Å². The summed E-state index contributed by atoms with van der Waals surface area (Å²) >= 11 is 6.61. The van der Waals surface area contributed by atoms with Crippen LogP contribution in [0, 0.1) is 11.8 Å². The summed E-state index contributed by atoms with van der Waals surface area (Å²) in [4.78, 5) is 0.